The lowest BCUT2D eigenvalue weighted by Gasteiger charge is -2.33. The molecule has 0 aromatic carbocycles. The smallest absolute Gasteiger partial charge is 0.317 e. The Balaban J connectivity index is 1.49. The number of morpholine rings is 1. The van der Waals surface area contributed by atoms with Gasteiger partial charge in [0.05, 0.1) is 25.8 Å². The summed E-state index contributed by atoms with van der Waals surface area (Å²) < 4.78 is 7.56. The molecule has 1 aliphatic rings. The van der Waals surface area contributed by atoms with Gasteiger partial charge in [0.2, 0.25) is 0 Å². The van der Waals surface area contributed by atoms with Gasteiger partial charge < -0.3 is 20.3 Å². The molecule has 0 spiro atoms. The number of carbonyl (C=O) groups is 1. The van der Waals surface area contributed by atoms with Crippen molar-refractivity contribution in [3.05, 3.63) is 42.4 Å². The Morgan fingerprint density at radius 1 is 1.44 bits per heavy atom. The van der Waals surface area contributed by atoms with Gasteiger partial charge in [-0.1, -0.05) is 0 Å². The number of carbonyl (C=O) groups excluding carboxylic acids is 1. The van der Waals surface area contributed by atoms with E-state index in [2.05, 4.69) is 20.7 Å². The van der Waals surface area contributed by atoms with Crippen LogP contribution >= 0.6 is 0 Å². The fraction of sp³-hybridized carbons (Fsp3) is 0.471. The number of nitrogens with one attached hydrogen (secondary N) is 2. The van der Waals surface area contributed by atoms with Crippen LogP contribution in [0.25, 0.3) is 0 Å². The summed E-state index contributed by atoms with van der Waals surface area (Å²) in [5.41, 5.74) is 1.01. The lowest BCUT2D eigenvalue weighted by atomic mass is 10.2. The molecule has 0 radical (unpaired) electrons. The summed E-state index contributed by atoms with van der Waals surface area (Å²) in [7, 11) is 0. The molecule has 8 heteroatoms. The summed E-state index contributed by atoms with van der Waals surface area (Å²) in [6.45, 7) is 5.65. The van der Waals surface area contributed by atoms with Crippen LogP contribution in [-0.2, 0) is 17.8 Å². The van der Waals surface area contributed by atoms with E-state index in [1.807, 2.05) is 36.0 Å². The van der Waals surface area contributed by atoms with Crippen LogP contribution in [0.4, 0.5) is 10.6 Å². The van der Waals surface area contributed by atoms with E-state index in [0.717, 1.165) is 17.9 Å². The molecule has 1 saturated heterocycles. The van der Waals surface area contributed by atoms with E-state index >= 15 is 0 Å². The molecule has 0 bridgehead atoms. The molecule has 1 fully saturated rings. The number of rotatable bonds is 6. The van der Waals surface area contributed by atoms with E-state index < -0.39 is 0 Å². The zero-order valence-corrected chi connectivity index (χ0v) is 14.4. The van der Waals surface area contributed by atoms with Gasteiger partial charge in [0.25, 0.3) is 0 Å². The van der Waals surface area contributed by atoms with Crippen molar-refractivity contribution in [3.8, 4) is 0 Å². The predicted octanol–water partition coefficient (Wildman–Crippen LogP) is 1.32. The van der Waals surface area contributed by atoms with E-state index in [9.17, 15) is 4.79 Å². The number of aromatic nitrogens is 3. The molecule has 2 amide bonds. The Bertz CT molecular complexity index is 676. The van der Waals surface area contributed by atoms with Crippen molar-refractivity contribution in [3.63, 3.8) is 0 Å². The van der Waals surface area contributed by atoms with Crippen molar-refractivity contribution < 1.29 is 9.53 Å². The number of amides is 2. The number of hydrogen-bond donors (Lipinski definition) is 2. The van der Waals surface area contributed by atoms with E-state index in [1.54, 1.807) is 17.3 Å². The molecule has 1 atom stereocenters. The van der Waals surface area contributed by atoms with Crippen LogP contribution in [0.15, 0.2) is 36.8 Å². The van der Waals surface area contributed by atoms with Crippen molar-refractivity contribution >= 4 is 11.8 Å². The molecule has 0 aliphatic carbocycles. The summed E-state index contributed by atoms with van der Waals surface area (Å²) >= 11 is 0. The summed E-state index contributed by atoms with van der Waals surface area (Å²) in [4.78, 5) is 18.5. The van der Waals surface area contributed by atoms with Gasteiger partial charge in [-0.2, -0.15) is 5.10 Å². The van der Waals surface area contributed by atoms with Crippen LogP contribution in [0, 0.1) is 0 Å². The summed E-state index contributed by atoms with van der Waals surface area (Å²) in [5.74, 6) is 0.819. The molecule has 3 rings (SSSR count). The average Bonchev–Trinajstić information content (AvgIpc) is 3.13. The largest absolute Gasteiger partial charge is 0.373 e. The van der Waals surface area contributed by atoms with Gasteiger partial charge in [-0.05, 0) is 30.7 Å². The molecule has 8 nitrogen and oxygen atoms in total. The zero-order valence-electron chi connectivity index (χ0n) is 14.4. The minimum atomic E-state index is -0.0735. The first-order valence-electron chi connectivity index (χ1n) is 8.55. The minimum Gasteiger partial charge on any atom is -0.373 e. The van der Waals surface area contributed by atoms with Gasteiger partial charge in [0, 0.05) is 38.2 Å². The third-order valence-corrected chi connectivity index (χ3v) is 4.00. The van der Waals surface area contributed by atoms with E-state index in [4.69, 9.17) is 4.74 Å². The quantitative estimate of drug-likeness (QED) is 0.826. The highest BCUT2D eigenvalue weighted by molar-refractivity contribution is 5.74. The lowest BCUT2D eigenvalue weighted by molar-refractivity contribution is -0.0237. The van der Waals surface area contributed by atoms with E-state index in [0.29, 0.717) is 32.8 Å². The van der Waals surface area contributed by atoms with Crippen molar-refractivity contribution in [2.45, 2.75) is 26.1 Å². The third-order valence-electron chi connectivity index (χ3n) is 4.00. The van der Waals surface area contributed by atoms with Crippen LogP contribution in [0.2, 0.25) is 0 Å². The standard InChI is InChI=1S/C17H24N6O2/c1-2-18-16-10-14(4-6-19-16)11-20-17(24)22-8-9-25-15(12-22)13-23-7-3-5-21-23/h3-7,10,15H,2,8-9,11-13H2,1H3,(H,18,19)(H,20,24)/t15-/m1/s1. The Labute approximate surface area is 147 Å². The first-order chi connectivity index (χ1) is 12.2. The zero-order chi connectivity index (χ0) is 17.5. The summed E-state index contributed by atoms with van der Waals surface area (Å²) in [5, 5.41) is 10.3. The van der Waals surface area contributed by atoms with Crippen LogP contribution in [0.3, 0.4) is 0 Å². The van der Waals surface area contributed by atoms with Gasteiger partial charge in [0.1, 0.15) is 5.82 Å². The van der Waals surface area contributed by atoms with Gasteiger partial charge in [-0.3, -0.25) is 4.68 Å². The number of pyridine rings is 1. The Morgan fingerprint density at radius 3 is 3.16 bits per heavy atom. The Morgan fingerprint density at radius 2 is 2.36 bits per heavy atom. The Hall–Kier alpha value is -2.61. The molecular formula is C17H24N6O2. The van der Waals surface area contributed by atoms with Gasteiger partial charge in [0.15, 0.2) is 0 Å². The number of nitrogens with zero attached hydrogens (tertiary/aromatic N) is 4. The molecule has 1 aliphatic heterocycles. The van der Waals surface area contributed by atoms with Crippen molar-refractivity contribution in [2.75, 3.05) is 31.6 Å². The Kier molecular flexibility index (Phi) is 5.84. The van der Waals surface area contributed by atoms with E-state index in [1.165, 1.54) is 0 Å². The highest BCUT2D eigenvalue weighted by atomic mass is 16.5. The van der Waals surface area contributed by atoms with Crippen molar-refractivity contribution in [1.82, 2.24) is 25.0 Å². The second kappa shape index (κ2) is 8.48. The highest BCUT2D eigenvalue weighted by Crippen LogP contribution is 2.09. The molecule has 134 valence electrons. The fourth-order valence-corrected chi connectivity index (χ4v) is 2.78. The number of hydrogen-bond acceptors (Lipinski definition) is 5. The van der Waals surface area contributed by atoms with Gasteiger partial charge in [-0.25, -0.2) is 9.78 Å². The normalized spacial score (nSPS) is 17.3. The summed E-state index contributed by atoms with van der Waals surface area (Å²) in [6.07, 6.45) is 5.34. The topological polar surface area (TPSA) is 84.3 Å². The second-order valence-electron chi connectivity index (χ2n) is 5.91. The van der Waals surface area contributed by atoms with Crippen LogP contribution in [0.1, 0.15) is 12.5 Å². The number of ether oxygens (including phenoxy) is 1. The maximum absolute atomic E-state index is 12.4. The molecule has 2 aromatic rings. The molecular weight excluding hydrogens is 320 g/mol. The van der Waals surface area contributed by atoms with Crippen molar-refractivity contribution in [1.29, 1.82) is 0 Å². The average molecular weight is 344 g/mol. The van der Waals surface area contributed by atoms with Crippen LogP contribution in [0.5, 0.6) is 0 Å². The molecule has 0 saturated carbocycles. The number of urea groups is 1. The van der Waals surface area contributed by atoms with Gasteiger partial charge in [-0.15, -0.1) is 0 Å². The molecule has 3 heterocycles. The second-order valence-corrected chi connectivity index (χ2v) is 5.91. The minimum absolute atomic E-state index is 0.0410. The van der Waals surface area contributed by atoms with Gasteiger partial charge >= 0.3 is 6.03 Å². The van der Waals surface area contributed by atoms with Crippen LogP contribution in [-0.4, -0.2) is 58.0 Å². The highest BCUT2D eigenvalue weighted by Gasteiger charge is 2.24. The fourth-order valence-electron chi connectivity index (χ4n) is 2.78. The first-order valence-corrected chi connectivity index (χ1v) is 8.55. The SMILES string of the molecule is CCNc1cc(CNC(=O)N2CCO[C@@H](Cn3cccn3)C2)ccn1. The first kappa shape index (κ1) is 17.2. The maximum Gasteiger partial charge on any atom is 0.317 e. The van der Waals surface area contributed by atoms with Crippen molar-refractivity contribution in [2.24, 2.45) is 0 Å². The maximum atomic E-state index is 12.4. The third kappa shape index (κ3) is 4.93. The molecule has 2 aromatic heterocycles. The monoisotopic (exact) mass is 344 g/mol. The summed E-state index contributed by atoms with van der Waals surface area (Å²) in [6, 6.07) is 5.66. The molecule has 0 unspecified atom stereocenters. The van der Waals surface area contributed by atoms with Crippen LogP contribution < -0.4 is 10.6 Å². The molecule has 25 heavy (non-hydrogen) atoms. The molecule has 2 N–H and O–H groups in total. The lowest BCUT2D eigenvalue weighted by Crippen LogP contribution is -2.50. The predicted molar refractivity (Wildman–Crippen MR) is 94.2 cm³/mol. The number of anilines is 1. The van der Waals surface area contributed by atoms with E-state index in [-0.39, 0.29) is 12.1 Å².